The summed E-state index contributed by atoms with van der Waals surface area (Å²) in [6.07, 6.45) is 0.0376. The predicted molar refractivity (Wildman–Crippen MR) is 95.5 cm³/mol. The van der Waals surface area contributed by atoms with Crippen LogP contribution in [0.15, 0.2) is 53.0 Å². The number of nitro groups is 1. The third kappa shape index (κ3) is 6.42. The highest BCUT2D eigenvalue weighted by atomic mass is 79.9. The van der Waals surface area contributed by atoms with Crippen LogP contribution in [0.3, 0.4) is 0 Å². The molecule has 25 heavy (non-hydrogen) atoms. The zero-order chi connectivity index (χ0) is 18.1. The molecule has 1 amide bonds. The minimum atomic E-state index is -0.500. The molecule has 0 aliphatic carbocycles. The second-order valence-corrected chi connectivity index (χ2v) is 5.92. The lowest BCUT2D eigenvalue weighted by Crippen LogP contribution is -2.26. The van der Waals surface area contributed by atoms with Gasteiger partial charge in [0.2, 0.25) is 0 Å². The van der Waals surface area contributed by atoms with Crippen LogP contribution in [0.1, 0.15) is 12.0 Å². The van der Waals surface area contributed by atoms with Gasteiger partial charge in [-0.15, -0.1) is 0 Å². The number of rotatable bonds is 8. The molecule has 132 valence electrons. The molecule has 2 aromatic carbocycles. The first kappa shape index (κ1) is 18.7. The van der Waals surface area contributed by atoms with E-state index in [0.29, 0.717) is 29.8 Å². The molecule has 0 saturated heterocycles. The number of carbonyl (C=O) groups excluding carboxylic acids is 1. The minimum Gasteiger partial charge on any atom is -0.492 e. The summed E-state index contributed by atoms with van der Waals surface area (Å²) in [7, 11) is 0. The smallest absolute Gasteiger partial charge is 0.407 e. The van der Waals surface area contributed by atoms with E-state index in [1.165, 1.54) is 12.1 Å². The lowest BCUT2D eigenvalue weighted by atomic mass is 10.2. The number of halogens is 1. The van der Waals surface area contributed by atoms with Crippen molar-refractivity contribution in [1.29, 1.82) is 0 Å². The summed E-state index contributed by atoms with van der Waals surface area (Å²) in [5.41, 5.74) is 0.873. The van der Waals surface area contributed by atoms with Gasteiger partial charge in [-0.2, -0.15) is 0 Å². The molecule has 0 heterocycles. The molecular formula is C17H17BrN2O5. The van der Waals surface area contributed by atoms with Gasteiger partial charge in [-0.3, -0.25) is 10.1 Å². The maximum absolute atomic E-state index is 11.6. The summed E-state index contributed by atoms with van der Waals surface area (Å²) < 4.78 is 11.2. The maximum atomic E-state index is 11.6. The molecule has 0 atom stereocenters. The fourth-order valence-electron chi connectivity index (χ4n) is 1.94. The van der Waals surface area contributed by atoms with Crippen molar-refractivity contribution in [3.63, 3.8) is 0 Å². The summed E-state index contributed by atoms with van der Waals surface area (Å²) in [5.74, 6) is 0.390. The molecule has 7 nitrogen and oxygen atoms in total. The van der Waals surface area contributed by atoms with Gasteiger partial charge in [0.25, 0.3) is 5.69 Å². The Bertz CT molecular complexity index is 724. The lowest BCUT2D eigenvalue weighted by molar-refractivity contribution is -0.385. The Morgan fingerprint density at radius 2 is 1.96 bits per heavy atom. The normalized spacial score (nSPS) is 10.1. The van der Waals surface area contributed by atoms with E-state index in [9.17, 15) is 14.9 Å². The largest absolute Gasteiger partial charge is 0.492 e. The zero-order valence-electron chi connectivity index (χ0n) is 13.3. The van der Waals surface area contributed by atoms with Crippen molar-refractivity contribution in [3.8, 4) is 5.75 Å². The summed E-state index contributed by atoms with van der Waals surface area (Å²) in [6, 6.07) is 13.7. The summed E-state index contributed by atoms with van der Waals surface area (Å²) in [5, 5.41) is 13.4. The molecule has 2 aromatic rings. The number of hydrogen-bond donors (Lipinski definition) is 1. The van der Waals surface area contributed by atoms with Gasteiger partial charge in [0.05, 0.1) is 22.1 Å². The van der Waals surface area contributed by atoms with Crippen molar-refractivity contribution in [2.75, 3.05) is 13.2 Å². The van der Waals surface area contributed by atoms with Gasteiger partial charge < -0.3 is 14.8 Å². The standard InChI is InChI=1S/C17H17BrN2O5/c18-15-8-7-14(20(22)23)11-16(15)24-10-4-9-19-17(21)25-12-13-5-2-1-3-6-13/h1-3,5-8,11H,4,9-10,12H2,(H,19,21). The number of hydrogen-bond acceptors (Lipinski definition) is 5. The molecule has 0 aliphatic heterocycles. The molecule has 0 bridgehead atoms. The first-order valence-electron chi connectivity index (χ1n) is 7.57. The number of benzene rings is 2. The fraction of sp³-hybridized carbons (Fsp3) is 0.235. The first-order chi connectivity index (χ1) is 12.1. The molecule has 0 radical (unpaired) electrons. The Labute approximate surface area is 153 Å². The Balaban J connectivity index is 1.65. The van der Waals surface area contributed by atoms with E-state index in [0.717, 1.165) is 5.56 Å². The zero-order valence-corrected chi connectivity index (χ0v) is 14.9. The van der Waals surface area contributed by atoms with Crippen LogP contribution in [0, 0.1) is 10.1 Å². The molecule has 2 rings (SSSR count). The number of ether oxygens (including phenoxy) is 2. The van der Waals surface area contributed by atoms with Crippen LogP contribution in [-0.2, 0) is 11.3 Å². The average Bonchev–Trinajstić information content (AvgIpc) is 2.61. The number of nitro benzene ring substituents is 1. The lowest BCUT2D eigenvalue weighted by Gasteiger charge is -2.09. The highest BCUT2D eigenvalue weighted by Crippen LogP contribution is 2.29. The highest BCUT2D eigenvalue weighted by molar-refractivity contribution is 9.10. The van der Waals surface area contributed by atoms with Crippen LogP contribution in [0.25, 0.3) is 0 Å². The number of non-ortho nitro benzene ring substituents is 1. The van der Waals surface area contributed by atoms with Gasteiger partial charge in [0, 0.05) is 12.6 Å². The second kappa shape index (κ2) is 9.63. The van der Waals surface area contributed by atoms with Gasteiger partial charge in [-0.1, -0.05) is 30.3 Å². The fourth-order valence-corrected chi connectivity index (χ4v) is 2.30. The Hall–Kier alpha value is -2.61. The highest BCUT2D eigenvalue weighted by Gasteiger charge is 2.10. The van der Waals surface area contributed by atoms with Crippen molar-refractivity contribution in [3.05, 3.63) is 68.7 Å². The van der Waals surface area contributed by atoms with Gasteiger partial charge in [-0.25, -0.2) is 4.79 Å². The second-order valence-electron chi connectivity index (χ2n) is 5.06. The topological polar surface area (TPSA) is 90.7 Å². The third-order valence-electron chi connectivity index (χ3n) is 3.19. The minimum absolute atomic E-state index is 0.0409. The van der Waals surface area contributed by atoms with E-state index in [4.69, 9.17) is 9.47 Å². The molecule has 0 unspecified atom stereocenters. The number of nitrogens with one attached hydrogen (secondary N) is 1. The van der Waals surface area contributed by atoms with Gasteiger partial charge in [-0.05, 0) is 34.0 Å². The number of nitrogens with zero attached hydrogens (tertiary/aromatic N) is 1. The number of amides is 1. The van der Waals surface area contributed by atoms with Crippen LogP contribution in [0.5, 0.6) is 5.75 Å². The van der Waals surface area contributed by atoms with Crippen molar-refractivity contribution in [2.24, 2.45) is 0 Å². The number of alkyl carbamates (subject to hydrolysis) is 1. The maximum Gasteiger partial charge on any atom is 0.407 e. The van der Waals surface area contributed by atoms with Crippen molar-refractivity contribution >= 4 is 27.7 Å². The predicted octanol–water partition coefficient (Wildman–Crippen LogP) is 4.05. The van der Waals surface area contributed by atoms with Crippen LogP contribution < -0.4 is 10.1 Å². The van der Waals surface area contributed by atoms with E-state index in [1.807, 2.05) is 30.3 Å². The van der Waals surface area contributed by atoms with Gasteiger partial charge in [0.1, 0.15) is 12.4 Å². The average molecular weight is 409 g/mol. The van der Waals surface area contributed by atoms with Gasteiger partial charge in [0.15, 0.2) is 0 Å². The first-order valence-corrected chi connectivity index (χ1v) is 8.37. The van der Waals surface area contributed by atoms with Crippen LogP contribution in [-0.4, -0.2) is 24.2 Å². The van der Waals surface area contributed by atoms with Crippen molar-refractivity contribution in [2.45, 2.75) is 13.0 Å². The molecule has 0 aliphatic rings. The summed E-state index contributed by atoms with van der Waals surface area (Å²) >= 11 is 3.28. The van der Waals surface area contributed by atoms with Gasteiger partial charge >= 0.3 is 6.09 Å². The Morgan fingerprint density at radius 3 is 2.68 bits per heavy atom. The quantitative estimate of drug-likeness (QED) is 0.404. The van der Waals surface area contributed by atoms with E-state index >= 15 is 0 Å². The van der Waals surface area contributed by atoms with E-state index in [1.54, 1.807) is 6.07 Å². The molecule has 0 spiro atoms. The SMILES string of the molecule is O=C(NCCCOc1cc([N+](=O)[O-])ccc1Br)OCc1ccccc1. The molecule has 8 heteroatoms. The monoisotopic (exact) mass is 408 g/mol. The molecule has 0 fully saturated rings. The third-order valence-corrected chi connectivity index (χ3v) is 3.84. The van der Waals surface area contributed by atoms with E-state index in [2.05, 4.69) is 21.2 Å². The molecular weight excluding hydrogens is 392 g/mol. The Kier molecular flexibility index (Phi) is 7.21. The number of carbonyl (C=O) groups is 1. The van der Waals surface area contributed by atoms with Crippen LogP contribution >= 0.6 is 15.9 Å². The van der Waals surface area contributed by atoms with Crippen LogP contribution in [0.2, 0.25) is 0 Å². The van der Waals surface area contributed by atoms with Crippen LogP contribution in [0.4, 0.5) is 10.5 Å². The molecule has 1 N–H and O–H groups in total. The molecule has 0 saturated carbocycles. The molecule has 0 aromatic heterocycles. The summed E-state index contributed by atoms with van der Waals surface area (Å²) in [4.78, 5) is 21.8. The van der Waals surface area contributed by atoms with E-state index < -0.39 is 11.0 Å². The van der Waals surface area contributed by atoms with Crippen molar-refractivity contribution in [1.82, 2.24) is 5.32 Å². The Morgan fingerprint density at radius 1 is 1.20 bits per heavy atom. The van der Waals surface area contributed by atoms with E-state index in [-0.39, 0.29) is 12.3 Å². The summed E-state index contributed by atoms with van der Waals surface area (Å²) in [6.45, 7) is 0.892. The van der Waals surface area contributed by atoms with Crippen molar-refractivity contribution < 1.29 is 19.2 Å².